The molecule has 6 heteroatoms. The van der Waals surface area contributed by atoms with Gasteiger partial charge in [0.05, 0.1) is 25.4 Å². The maximum atomic E-state index is 12.4. The molecule has 2 atom stereocenters. The topological polar surface area (TPSA) is 95.9 Å². The van der Waals surface area contributed by atoms with E-state index in [4.69, 9.17) is 4.74 Å². The molecule has 348 valence electrons. The molecule has 0 radical (unpaired) electrons. The molecule has 0 aromatic rings. The molecule has 0 aromatic heterocycles. The maximum absolute atomic E-state index is 12.4. The van der Waals surface area contributed by atoms with Gasteiger partial charge in [-0.3, -0.25) is 9.59 Å². The van der Waals surface area contributed by atoms with Gasteiger partial charge in [-0.1, -0.05) is 231 Å². The lowest BCUT2D eigenvalue weighted by atomic mass is 10.0. The number of esters is 1. The molecule has 0 saturated carbocycles. The third kappa shape index (κ3) is 45.7. The van der Waals surface area contributed by atoms with Crippen LogP contribution in [0, 0.1) is 0 Å². The number of hydrogen-bond donors (Lipinski definition) is 3. The Morgan fingerprint density at radius 2 is 0.797 bits per heavy atom. The summed E-state index contributed by atoms with van der Waals surface area (Å²) in [6.45, 7) is 4.86. The molecule has 1 amide bonds. The molecule has 59 heavy (non-hydrogen) atoms. The minimum absolute atomic E-state index is 0.000977. The third-order valence-corrected chi connectivity index (χ3v) is 12.0. The number of aliphatic hydroxyl groups is 2. The molecule has 0 heterocycles. The Bertz CT molecular complexity index is 920. The molecule has 0 aliphatic rings. The first kappa shape index (κ1) is 57.3. The summed E-state index contributed by atoms with van der Waals surface area (Å²) >= 11 is 0. The maximum Gasteiger partial charge on any atom is 0.305 e. The Kier molecular flexibility index (Phi) is 47.6. The molecule has 2 unspecified atom stereocenters. The van der Waals surface area contributed by atoms with E-state index < -0.39 is 12.1 Å². The zero-order chi connectivity index (χ0) is 43.0. The normalized spacial score (nSPS) is 12.8. The van der Waals surface area contributed by atoms with Crippen LogP contribution in [-0.2, 0) is 14.3 Å². The lowest BCUT2D eigenvalue weighted by molar-refractivity contribution is -0.143. The summed E-state index contributed by atoms with van der Waals surface area (Å²) < 4.78 is 5.47. The van der Waals surface area contributed by atoms with Crippen molar-refractivity contribution in [1.82, 2.24) is 5.32 Å². The van der Waals surface area contributed by atoms with Crippen molar-refractivity contribution >= 4 is 11.9 Å². The van der Waals surface area contributed by atoms with Crippen LogP contribution < -0.4 is 5.32 Å². The fourth-order valence-electron chi connectivity index (χ4n) is 7.92. The van der Waals surface area contributed by atoms with Gasteiger partial charge in [-0.05, 0) is 57.8 Å². The van der Waals surface area contributed by atoms with Gasteiger partial charge >= 0.3 is 5.97 Å². The fourth-order valence-corrected chi connectivity index (χ4v) is 7.92. The predicted molar refractivity (Wildman–Crippen MR) is 255 cm³/mol. The highest BCUT2D eigenvalue weighted by atomic mass is 16.5. The number of hydrogen-bond acceptors (Lipinski definition) is 5. The summed E-state index contributed by atoms with van der Waals surface area (Å²) in [5, 5.41) is 22.9. The molecule has 0 fully saturated rings. The quantitative estimate of drug-likeness (QED) is 0.0322. The van der Waals surface area contributed by atoms with E-state index >= 15 is 0 Å². The largest absolute Gasteiger partial charge is 0.466 e. The van der Waals surface area contributed by atoms with Crippen LogP contribution in [0.1, 0.15) is 277 Å². The fraction of sp³-hybridized carbons (Fsp3) is 0.887. The van der Waals surface area contributed by atoms with Crippen molar-refractivity contribution in [3.8, 4) is 0 Å². The number of aliphatic hydroxyl groups excluding tert-OH is 2. The Balaban J connectivity index is 3.45. The van der Waals surface area contributed by atoms with Crippen LogP contribution in [0.2, 0.25) is 0 Å². The highest BCUT2D eigenvalue weighted by Crippen LogP contribution is 2.16. The highest BCUT2D eigenvalue weighted by molar-refractivity contribution is 5.76. The third-order valence-electron chi connectivity index (χ3n) is 12.0. The summed E-state index contributed by atoms with van der Waals surface area (Å²) in [5.41, 5.74) is 0. The van der Waals surface area contributed by atoms with Crippen molar-refractivity contribution in [2.75, 3.05) is 13.2 Å². The summed E-state index contributed by atoms with van der Waals surface area (Å²) in [7, 11) is 0. The second-order valence-corrected chi connectivity index (χ2v) is 17.9. The minimum Gasteiger partial charge on any atom is -0.466 e. The number of ether oxygens (including phenoxy) is 1. The van der Waals surface area contributed by atoms with E-state index in [1.54, 1.807) is 6.08 Å². The van der Waals surface area contributed by atoms with Gasteiger partial charge in [-0.25, -0.2) is 0 Å². The number of carbonyl (C=O) groups is 2. The summed E-state index contributed by atoms with van der Waals surface area (Å²) in [5.74, 6) is -0.0880. The molecule has 0 aromatic carbocycles. The average Bonchev–Trinajstić information content (AvgIpc) is 3.24. The molecule has 0 saturated heterocycles. The number of amides is 1. The molecule has 0 bridgehead atoms. The minimum atomic E-state index is -0.852. The van der Waals surface area contributed by atoms with E-state index in [2.05, 4.69) is 31.3 Å². The van der Waals surface area contributed by atoms with Crippen LogP contribution in [0.25, 0.3) is 0 Å². The van der Waals surface area contributed by atoms with Crippen LogP contribution in [0.4, 0.5) is 0 Å². The van der Waals surface area contributed by atoms with Gasteiger partial charge in [0.25, 0.3) is 0 Å². The zero-order valence-electron chi connectivity index (χ0n) is 39.5. The molecule has 6 nitrogen and oxygen atoms in total. The Morgan fingerprint density at radius 3 is 1.20 bits per heavy atom. The van der Waals surface area contributed by atoms with Crippen molar-refractivity contribution in [1.29, 1.82) is 0 Å². The monoisotopic (exact) mass is 832 g/mol. The Hall–Kier alpha value is -1.66. The molecule has 0 aliphatic carbocycles. The number of carbonyl (C=O) groups excluding carboxylic acids is 2. The highest BCUT2D eigenvalue weighted by Gasteiger charge is 2.18. The van der Waals surface area contributed by atoms with E-state index in [-0.39, 0.29) is 18.5 Å². The Morgan fingerprint density at radius 1 is 0.458 bits per heavy atom. The first-order valence-electron chi connectivity index (χ1n) is 26.1. The second-order valence-electron chi connectivity index (χ2n) is 17.9. The van der Waals surface area contributed by atoms with E-state index in [1.165, 1.54) is 186 Å². The number of nitrogens with one attached hydrogen (secondary N) is 1. The predicted octanol–water partition coefficient (Wildman–Crippen LogP) is 15.5. The van der Waals surface area contributed by atoms with Gasteiger partial charge in [0.2, 0.25) is 5.91 Å². The molecule has 0 rings (SSSR count). The Labute approximate surface area is 367 Å². The molecular formula is C53H101NO5. The van der Waals surface area contributed by atoms with Crippen LogP contribution >= 0.6 is 0 Å². The SMILES string of the molecule is CCCCCCCCCC/C=C/C(O)C(CO)NC(=O)CCCCCCC/C=C\CCCCCCCCCOC(=O)CCCCCCCCCCCCCCCCCC. The smallest absolute Gasteiger partial charge is 0.305 e. The van der Waals surface area contributed by atoms with Crippen LogP contribution in [0.15, 0.2) is 24.3 Å². The first-order valence-corrected chi connectivity index (χ1v) is 26.1. The van der Waals surface area contributed by atoms with Gasteiger partial charge in [-0.2, -0.15) is 0 Å². The van der Waals surface area contributed by atoms with Gasteiger partial charge in [0.1, 0.15) is 0 Å². The zero-order valence-corrected chi connectivity index (χ0v) is 39.5. The molecule has 3 N–H and O–H groups in total. The number of rotatable bonds is 48. The molecule has 0 aliphatic heterocycles. The van der Waals surface area contributed by atoms with E-state index in [9.17, 15) is 19.8 Å². The van der Waals surface area contributed by atoms with Gasteiger partial charge in [0, 0.05) is 12.8 Å². The number of allylic oxidation sites excluding steroid dienone is 3. The lowest BCUT2D eigenvalue weighted by Crippen LogP contribution is -2.45. The van der Waals surface area contributed by atoms with Crippen molar-refractivity contribution in [2.24, 2.45) is 0 Å². The number of unbranched alkanes of at least 4 members (excludes halogenated alkanes) is 35. The lowest BCUT2D eigenvalue weighted by Gasteiger charge is -2.20. The standard InChI is InChI=1S/C53H101NO5/c1-3-5-7-9-11-13-15-16-17-21-24-27-31-35-39-43-47-53(58)59-48-44-40-36-32-28-25-22-19-18-20-23-26-30-34-38-42-46-52(57)54-50(49-55)51(56)45-41-37-33-29-14-12-10-8-6-4-2/h18,20,41,45,50-51,55-56H,3-17,19,21-40,42-44,46-49H2,1-2H3,(H,54,57)/b20-18-,45-41+. The van der Waals surface area contributed by atoms with E-state index in [0.29, 0.717) is 19.4 Å². The molecule has 0 spiro atoms. The summed E-state index contributed by atoms with van der Waals surface area (Å²) in [4.78, 5) is 24.4. The van der Waals surface area contributed by atoms with Crippen molar-refractivity contribution in [3.05, 3.63) is 24.3 Å². The van der Waals surface area contributed by atoms with Gasteiger partial charge in [0.15, 0.2) is 0 Å². The van der Waals surface area contributed by atoms with Gasteiger partial charge in [-0.15, -0.1) is 0 Å². The second kappa shape index (κ2) is 49.0. The van der Waals surface area contributed by atoms with E-state index in [1.807, 2.05) is 6.08 Å². The first-order chi connectivity index (χ1) is 29.0. The van der Waals surface area contributed by atoms with Crippen molar-refractivity contribution in [3.63, 3.8) is 0 Å². The van der Waals surface area contributed by atoms with Crippen LogP contribution in [0.3, 0.4) is 0 Å². The summed E-state index contributed by atoms with van der Waals surface area (Å²) in [6, 6.07) is -0.637. The average molecular weight is 832 g/mol. The van der Waals surface area contributed by atoms with Crippen LogP contribution in [0.5, 0.6) is 0 Å². The van der Waals surface area contributed by atoms with E-state index in [0.717, 1.165) is 64.2 Å². The molecular weight excluding hydrogens is 731 g/mol. The van der Waals surface area contributed by atoms with Crippen molar-refractivity contribution < 1.29 is 24.5 Å². The van der Waals surface area contributed by atoms with Gasteiger partial charge < -0.3 is 20.3 Å². The van der Waals surface area contributed by atoms with Crippen molar-refractivity contribution in [2.45, 2.75) is 289 Å². The van der Waals surface area contributed by atoms with Crippen LogP contribution in [-0.4, -0.2) is 47.4 Å². The summed E-state index contributed by atoms with van der Waals surface area (Å²) in [6.07, 6.45) is 57.6.